The van der Waals surface area contributed by atoms with Crippen LogP contribution in [0.4, 0.5) is 14.9 Å². The monoisotopic (exact) mass is 356 g/mol. The number of hydrogen-bond donors (Lipinski definition) is 1. The van der Waals surface area contributed by atoms with Gasteiger partial charge in [-0.1, -0.05) is 6.07 Å². The predicted molar refractivity (Wildman–Crippen MR) is 91.6 cm³/mol. The van der Waals surface area contributed by atoms with E-state index in [1.165, 1.54) is 24.1 Å². The van der Waals surface area contributed by atoms with Crippen molar-refractivity contribution in [2.24, 2.45) is 0 Å². The van der Waals surface area contributed by atoms with Crippen LogP contribution in [0.3, 0.4) is 0 Å². The minimum atomic E-state index is -0.972. The van der Waals surface area contributed by atoms with E-state index in [0.29, 0.717) is 23.4 Å². The van der Waals surface area contributed by atoms with Gasteiger partial charge in [-0.3, -0.25) is 4.90 Å². The number of hydrogen-bond acceptors (Lipinski definition) is 4. The average Bonchev–Trinajstić information content (AvgIpc) is 2.60. The van der Waals surface area contributed by atoms with Crippen molar-refractivity contribution in [3.63, 3.8) is 0 Å². The predicted octanol–water partition coefficient (Wildman–Crippen LogP) is 3.38. The summed E-state index contributed by atoms with van der Waals surface area (Å²) < 4.78 is 24.5. The molecule has 2 aliphatic heterocycles. The summed E-state index contributed by atoms with van der Waals surface area (Å²) in [4.78, 5) is 25.9. The summed E-state index contributed by atoms with van der Waals surface area (Å²) in [6.07, 6.45) is 0.451. The van der Waals surface area contributed by atoms with Gasteiger partial charge in [0.1, 0.15) is 11.6 Å². The third-order valence-electron chi connectivity index (χ3n) is 4.76. The van der Waals surface area contributed by atoms with E-state index in [9.17, 15) is 14.0 Å². The molecule has 0 aliphatic carbocycles. The summed E-state index contributed by atoms with van der Waals surface area (Å²) in [5, 5.41) is 2.91. The van der Waals surface area contributed by atoms with Gasteiger partial charge in [0.2, 0.25) is 0 Å². The molecular formula is C19H17FN2O4. The molecule has 2 heterocycles. The number of methoxy groups -OCH3 is 1. The number of nitrogens with zero attached hydrogens (tertiary/aromatic N) is 1. The second-order valence-electron chi connectivity index (χ2n) is 6.54. The Labute approximate surface area is 149 Å². The van der Waals surface area contributed by atoms with Crippen LogP contribution in [0.2, 0.25) is 0 Å². The standard InChI is InChI=1S/C19H17FN2O4/c1-19-10-15(14-8-11(17(23)25-2)6-7-16(14)26-19)21-18(24)22(19)13-5-3-4-12(20)9-13/h3-9,15H,10H2,1-2H3,(H,21,24). The topological polar surface area (TPSA) is 67.9 Å². The maximum Gasteiger partial charge on any atom is 0.337 e. The second-order valence-corrected chi connectivity index (χ2v) is 6.54. The van der Waals surface area contributed by atoms with Gasteiger partial charge in [-0.15, -0.1) is 0 Å². The Bertz CT molecular complexity index is 916. The Morgan fingerprint density at radius 2 is 2.15 bits per heavy atom. The lowest BCUT2D eigenvalue weighted by Crippen LogP contribution is -2.65. The van der Waals surface area contributed by atoms with E-state index >= 15 is 0 Å². The zero-order valence-electron chi connectivity index (χ0n) is 14.3. The van der Waals surface area contributed by atoms with Crippen LogP contribution >= 0.6 is 0 Å². The van der Waals surface area contributed by atoms with Crippen molar-refractivity contribution in [1.82, 2.24) is 5.32 Å². The highest BCUT2D eigenvalue weighted by Gasteiger charge is 2.50. The molecule has 1 N–H and O–H groups in total. The van der Waals surface area contributed by atoms with Crippen molar-refractivity contribution in [1.29, 1.82) is 0 Å². The van der Waals surface area contributed by atoms with Crippen LogP contribution in [0.1, 0.15) is 35.3 Å². The quantitative estimate of drug-likeness (QED) is 0.838. The molecule has 7 heteroatoms. The summed E-state index contributed by atoms with van der Waals surface area (Å²) in [5.74, 6) is -0.317. The molecule has 2 aromatic carbocycles. The molecule has 1 saturated heterocycles. The fourth-order valence-electron chi connectivity index (χ4n) is 3.63. The number of esters is 1. The summed E-state index contributed by atoms with van der Waals surface area (Å²) in [6, 6.07) is 10.1. The molecule has 2 unspecified atom stereocenters. The Hall–Kier alpha value is -3.09. The van der Waals surface area contributed by atoms with Crippen LogP contribution in [0.15, 0.2) is 42.5 Å². The number of anilines is 1. The Morgan fingerprint density at radius 3 is 2.88 bits per heavy atom. The molecule has 134 valence electrons. The molecule has 0 saturated carbocycles. The molecular weight excluding hydrogens is 339 g/mol. The summed E-state index contributed by atoms with van der Waals surface area (Å²) in [5.41, 5.74) is 0.552. The van der Waals surface area contributed by atoms with Gasteiger partial charge in [0, 0.05) is 12.0 Å². The van der Waals surface area contributed by atoms with Crippen molar-refractivity contribution in [3.05, 3.63) is 59.4 Å². The lowest BCUT2D eigenvalue weighted by Gasteiger charge is -2.50. The molecule has 26 heavy (non-hydrogen) atoms. The van der Waals surface area contributed by atoms with E-state index < -0.39 is 17.5 Å². The number of nitrogens with one attached hydrogen (secondary N) is 1. The molecule has 2 aliphatic rings. The lowest BCUT2D eigenvalue weighted by molar-refractivity contribution is 0.0377. The van der Waals surface area contributed by atoms with Crippen molar-refractivity contribution in [2.45, 2.75) is 25.1 Å². The summed E-state index contributed by atoms with van der Waals surface area (Å²) in [7, 11) is 1.31. The fourth-order valence-corrected chi connectivity index (χ4v) is 3.63. The first kappa shape index (κ1) is 16.4. The molecule has 2 bridgehead atoms. The largest absolute Gasteiger partial charge is 0.467 e. The number of rotatable bonds is 2. The van der Waals surface area contributed by atoms with Gasteiger partial charge in [0.25, 0.3) is 0 Å². The number of carbonyl (C=O) groups excluding carboxylic acids is 2. The Morgan fingerprint density at radius 1 is 1.35 bits per heavy atom. The third-order valence-corrected chi connectivity index (χ3v) is 4.76. The number of urea groups is 1. The fraction of sp³-hybridized carbons (Fsp3) is 0.263. The van der Waals surface area contributed by atoms with Gasteiger partial charge < -0.3 is 14.8 Å². The normalized spacial score (nSPS) is 23.6. The maximum atomic E-state index is 13.6. The summed E-state index contributed by atoms with van der Waals surface area (Å²) >= 11 is 0. The van der Waals surface area contributed by atoms with Gasteiger partial charge in [-0.25, -0.2) is 14.0 Å². The minimum Gasteiger partial charge on any atom is -0.467 e. The number of fused-ring (bicyclic) bond motifs is 4. The van der Waals surface area contributed by atoms with Crippen molar-refractivity contribution < 1.29 is 23.5 Å². The maximum absolute atomic E-state index is 13.6. The number of carbonyl (C=O) groups is 2. The van der Waals surface area contributed by atoms with E-state index in [-0.39, 0.29) is 12.1 Å². The number of halogens is 1. The van der Waals surface area contributed by atoms with E-state index in [2.05, 4.69) is 5.32 Å². The third kappa shape index (κ3) is 2.47. The zero-order valence-corrected chi connectivity index (χ0v) is 14.3. The van der Waals surface area contributed by atoms with Crippen LogP contribution in [0.25, 0.3) is 0 Å². The SMILES string of the molecule is COC(=O)c1ccc2c(c1)C1CC(C)(O2)N(c2cccc(F)c2)C(=O)N1. The van der Waals surface area contributed by atoms with Gasteiger partial charge in [-0.05, 0) is 43.3 Å². The van der Waals surface area contributed by atoms with Crippen molar-refractivity contribution >= 4 is 17.7 Å². The van der Waals surface area contributed by atoms with E-state index in [1.54, 1.807) is 37.3 Å². The minimum absolute atomic E-state index is 0.314. The average molecular weight is 356 g/mol. The molecule has 2 aromatic rings. The molecule has 6 nitrogen and oxygen atoms in total. The van der Waals surface area contributed by atoms with Crippen LogP contribution in [-0.2, 0) is 4.74 Å². The highest BCUT2D eigenvalue weighted by Crippen LogP contribution is 2.45. The van der Waals surface area contributed by atoms with Crippen LogP contribution in [-0.4, -0.2) is 24.8 Å². The van der Waals surface area contributed by atoms with E-state index in [4.69, 9.17) is 9.47 Å². The molecule has 2 amide bonds. The van der Waals surface area contributed by atoms with Crippen LogP contribution in [0, 0.1) is 5.82 Å². The molecule has 2 atom stereocenters. The van der Waals surface area contributed by atoms with Gasteiger partial charge in [0.05, 0.1) is 24.4 Å². The zero-order chi connectivity index (χ0) is 18.5. The van der Waals surface area contributed by atoms with Crippen molar-refractivity contribution in [3.8, 4) is 5.75 Å². The number of ether oxygens (including phenoxy) is 2. The Balaban J connectivity index is 1.76. The van der Waals surface area contributed by atoms with Gasteiger partial charge >= 0.3 is 12.0 Å². The molecule has 0 spiro atoms. The first-order valence-electron chi connectivity index (χ1n) is 8.19. The summed E-state index contributed by atoms with van der Waals surface area (Å²) in [6.45, 7) is 1.79. The lowest BCUT2D eigenvalue weighted by atomic mass is 9.89. The first-order chi connectivity index (χ1) is 12.4. The van der Waals surface area contributed by atoms with E-state index in [1.807, 2.05) is 0 Å². The van der Waals surface area contributed by atoms with Gasteiger partial charge in [-0.2, -0.15) is 0 Å². The van der Waals surface area contributed by atoms with Crippen molar-refractivity contribution in [2.75, 3.05) is 12.0 Å². The Kier molecular flexibility index (Phi) is 3.61. The molecule has 4 rings (SSSR count). The number of amides is 2. The number of benzene rings is 2. The second kappa shape index (κ2) is 5.72. The highest BCUT2D eigenvalue weighted by molar-refractivity contribution is 5.95. The molecule has 0 radical (unpaired) electrons. The molecule has 0 aromatic heterocycles. The van der Waals surface area contributed by atoms with Gasteiger partial charge in [0.15, 0.2) is 5.72 Å². The highest BCUT2D eigenvalue weighted by atomic mass is 19.1. The van der Waals surface area contributed by atoms with E-state index in [0.717, 1.165) is 5.56 Å². The van der Waals surface area contributed by atoms with Crippen LogP contribution in [0.5, 0.6) is 5.75 Å². The first-order valence-corrected chi connectivity index (χ1v) is 8.19. The molecule has 1 fully saturated rings. The van der Waals surface area contributed by atoms with Crippen LogP contribution < -0.4 is 15.0 Å². The smallest absolute Gasteiger partial charge is 0.337 e.